The molecule has 0 bridgehead atoms. The molecule has 1 heterocycles. The molecule has 2 aromatic carbocycles. The van der Waals surface area contributed by atoms with Crippen LogP contribution in [0.4, 0.5) is 5.69 Å². The third-order valence-electron chi connectivity index (χ3n) is 4.78. The number of carbonyl (C=O) groups is 2. The van der Waals surface area contributed by atoms with E-state index in [1.807, 2.05) is 6.07 Å². The Kier molecular flexibility index (Phi) is 8.15. The minimum Gasteiger partial charge on any atom is -0.493 e. The highest BCUT2D eigenvalue weighted by molar-refractivity contribution is 6.01. The Morgan fingerprint density at radius 1 is 1.18 bits per heavy atom. The van der Waals surface area contributed by atoms with Gasteiger partial charge in [0.05, 0.1) is 25.2 Å². The summed E-state index contributed by atoms with van der Waals surface area (Å²) < 4.78 is 21.1. The van der Waals surface area contributed by atoms with E-state index in [2.05, 4.69) is 0 Å². The van der Waals surface area contributed by atoms with Gasteiger partial charge in [0, 0.05) is 25.2 Å². The summed E-state index contributed by atoms with van der Waals surface area (Å²) in [5, 5.41) is 20.1. The summed E-state index contributed by atoms with van der Waals surface area (Å²) >= 11 is 0. The van der Waals surface area contributed by atoms with Crippen molar-refractivity contribution in [3.8, 4) is 23.3 Å². The van der Waals surface area contributed by atoms with E-state index in [1.165, 1.54) is 49.6 Å². The van der Waals surface area contributed by atoms with E-state index in [-0.39, 0.29) is 34.4 Å². The van der Waals surface area contributed by atoms with E-state index in [4.69, 9.17) is 18.9 Å². The number of carbonyl (C=O) groups excluding carboxylic acids is 2. The number of nitriles is 1. The van der Waals surface area contributed by atoms with Crippen molar-refractivity contribution in [1.29, 1.82) is 5.26 Å². The van der Waals surface area contributed by atoms with Gasteiger partial charge in [-0.3, -0.25) is 14.9 Å². The molecule has 11 nitrogen and oxygen atoms in total. The van der Waals surface area contributed by atoms with Gasteiger partial charge in [0.1, 0.15) is 17.4 Å². The third kappa shape index (κ3) is 6.30. The van der Waals surface area contributed by atoms with Crippen molar-refractivity contribution < 1.29 is 33.5 Å². The highest BCUT2D eigenvalue weighted by atomic mass is 16.6. The number of rotatable bonds is 8. The maximum Gasteiger partial charge on any atom is 0.349 e. The number of nitro benzene ring substituents is 1. The van der Waals surface area contributed by atoms with Crippen LogP contribution in [0.3, 0.4) is 0 Å². The Labute approximate surface area is 194 Å². The second kappa shape index (κ2) is 11.4. The molecule has 176 valence electrons. The Hall–Kier alpha value is -4.43. The molecule has 0 aromatic heterocycles. The molecule has 0 unspecified atom stereocenters. The van der Waals surface area contributed by atoms with Gasteiger partial charge >= 0.3 is 5.97 Å². The number of benzene rings is 2. The minimum atomic E-state index is -0.722. The fourth-order valence-corrected chi connectivity index (χ4v) is 3.06. The molecule has 0 spiro atoms. The number of hydrogen-bond donors (Lipinski definition) is 0. The van der Waals surface area contributed by atoms with Crippen molar-refractivity contribution >= 4 is 23.6 Å². The number of amides is 1. The molecule has 1 fully saturated rings. The molecule has 2 aromatic rings. The van der Waals surface area contributed by atoms with Gasteiger partial charge in [-0.25, -0.2) is 4.79 Å². The molecule has 1 aliphatic heterocycles. The predicted octanol–water partition coefficient (Wildman–Crippen LogP) is 2.35. The lowest BCUT2D eigenvalue weighted by Crippen LogP contribution is -2.41. The van der Waals surface area contributed by atoms with Crippen molar-refractivity contribution in [2.24, 2.45) is 0 Å². The average Bonchev–Trinajstić information content (AvgIpc) is 2.87. The summed E-state index contributed by atoms with van der Waals surface area (Å²) in [6.45, 7) is 1.24. The Morgan fingerprint density at radius 2 is 1.88 bits per heavy atom. The topological polar surface area (TPSA) is 141 Å². The molecule has 0 atom stereocenters. The van der Waals surface area contributed by atoms with E-state index in [1.54, 1.807) is 11.0 Å². The zero-order chi connectivity index (χ0) is 24.5. The average molecular weight is 467 g/mol. The monoisotopic (exact) mass is 467 g/mol. The van der Waals surface area contributed by atoms with Gasteiger partial charge in [0.25, 0.3) is 11.6 Å². The summed E-state index contributed by atoms with van der Waals surface area (Å²) in [5.41, 5.74) is 0.377. The fraction of sp³-hybridized carbons (Fsp3) is 0.261. The van der Waals surface area contributed by atoms with Gasteiger partial charge in [-0.15, -0.1) is 0 Å². The van der Waals surface area contributed by atoms with E-state index in [0.29, 0.717) is 31.9 Å². The van der Waals surface area contributed by atoms with Crippen LogP contribution in [0, 0.1) is 21.4 Å². The van der Waals surface area contributed by atoms with Crippen molar-refractivity contribution in [3.63, 3.8) is 0 Å². The van der Waals surface area contributed by atoms with Crippen LogP contribution in [0.5, 0.6) is 17.2 Å². The van der Waals surface area contributed by atoms with Crippen LogP contribution in [0.15, 0.2) is 48.0 Å². The normalized spacial score (nSPS) is 13.5. The summed E-state index contributed by atoms with van der Waals surface area (Å²) in [6, 6.07) is 11.8. The first-order valence-electron chi connectivity index (χ1n) is 10.2. The van der Waals surface area contributed by atoms with Crippen LogP contribution >= 0.6 is 0 Å². The number of hydrogen-bond acceptors (Lipinski definition) is 9. The zero-order valence-corrected chi connectivity index (χ0v) is 18.3. The van der Waals surface area contributed by atoms with Crippen molar-refractivity contribution in [1.82, 2.24) is 4.90 Å². The summed E-state index contributed by atoms with van der Waals surface area (Å²) in [4.78, 5) is 36.4. The van der Waals surface area contributed by atoms with E-state index >= 15 is 0 Å². The number of esters is 1. The third-order valence-corrected chi connectivity index (χ3v) is 4.78. The molecule has 0 N–H and O–H groups in total. The van der Waals surface area contributed by atoms with Gasteiger partial charge in [-0.05, 0) is 35.9 Å². The lowest BCUT2D eigenvalue weighted by Gasteiger charge is -2.26. The van der Waals surface area contributed by atoms with Gasteiger partial charge < -0.3 is 23.8 Å². The van der Waals surface area contributed by atoms with Crippen LogP contribution in [-0.2, 0) is 14.3 Å². The molecule has 1 aliphatic rings. The fourth-order valence-electron chi connectivity index (χ4n) is 3.06. The van der Waals surface area contributed by atoms with E-state index in [0.717, 1.165) is 0 Å². The molecule has 11 heteroatoms. The van der Waals surface area contributed by atoms with Gasteiger partial charge in [-0.2, -0.15) is 5.26 Å². The summed E-state index contributed by atoms with van der Waals surface area (Å²) in [5.74, 6) is -0.503. The van der Waals surface area contributed by atoms with E-state index in [9.17, 15) is 25.0 Å². The van der Waals surface area contributed by atoms with Crippen molar-refractivity contribution in [2.45, 2.75) is 0 Å². The lowest BCUT2D eigenvalue weighted by atomic mass is 10.1. The zero-order valence-electron chi connectivity index (χ0n) is 18.3. The molecular weight excluding hydrogens is 446 g/mol. The number of ether oxygens (including phenoxy) is 4. The van der Waals surface area contributed by atoms with Crippen LogP contribution in [0.25, 0.3) is 6.08 Å². The largest absolute Gasteiger partial charge is 0.493 e. The Balaban J connectivity index is 1.65. The maximum absolute atomic E-state index is 12.6. The number of morpholine rings is 1. The molecule has 34 heavy (non-hydrogen) atoms. The highest BCUT2D eigenvalue weighted by Crippen LogP contribution is 2.29. The second-order valence-corrected chi connectivity index (χ2v) is 7.00. The first-order chi connectivity index (χ1) is 16.4. The van der Waals surface area contributed by atoms with Crippen molar-refractivity contribution in [3.05, 3.63) is 63.7 Å². The van der Waals surface area contributed by atoms with Crippen LogP contribution < -0.4 is 14.2 Å². The number of methoxy groups -OCH3 is 1. The molecule has 0 saturated carbocycles. The Bertz CT molecular complexity index is 1130. The smallest absolute Gasteiger partial charge is 0.349 e. The van der Waals surface area contributed by atoms with Crippen LogP contribution in [0.2, 0.25) is 0 Å². The molecule has 0 radical (unpaired) electrons. The maximum atomic E-state index is 12.6. The SMILES string of the molecule is COc1cc(/C=C(\C#N)C(=O)N2CCOCC2)ccc1OC(=O)COc1ccc([N+](=O)[O-])cc1. The molecule has 1 amide bonds. The molecule has 1 saturated heterocycles. The minimum absolute atomic E-state index is 0.0369. The van der Waals surface area contributed by atoms with Gasteiger partial charge in [-0.1, -0.05) is 6.07 Å². The highest BCUT2D eigenvalue weighted by Gasteiger charge is 2.21. The summed E-state index contributed by atoms with van der Waals surface area (Å²) in [6.07, 6.45) is 1.43. The van der Waals surface area contributed by atoms with Crippen LogP contribution in [-0.4, -0.2) is 61.7 Å². The lowest BCUT2D eigenvalue weighted by molar-refractivity contribution is -0.384. The second-order valence-electron chi connectivity index (χ2n) is 7.00. The molecule has 3 rings (SSSR count). The van der Waals surface area contributed by atoms with Crippen molar-refractivity contribution in [2.75, 3.05) is 40.0 Å². The summed E-state index contributed by atoms with van der Waals surface area (Å²) in [7, 11) is 1.39. The number of nitro groups is 1. The number of non-ortho nitro benzene ring substituents is 1. The Morgan fingerprint density at radius 3 is 2.50 bits per heavy atom. The standard InChI is InChI=1S/C23H21N3O8/c1-31-21-13-16(12-17(14-24)23(28)25-8-10-32-11-9-25)2-7-20(21)34-22(27)15-33-19-5-3-18(4-6-19)26(29)30/h2-7,12-13H,8-11,15H2,1H3/b17-12+. The van der Waals surface area contributed by atoms with Gasteiger partial charge in [0.15, 0.2) is 18.1 Å². The first kappa shape index (κ1) is 24.2. The predicted molar refractivity (Wildman–Crippen MR) is 118 cm³/mol. The quantitative estimate of drug-likeness (QED) is 0.143. The molecule has 0 aliphatic carbocycles. The first-order valence-corrected chi connectivity index (χ1v) is 10.2. The van der Waals surface area contributed by atoms with E-state index < -0.39 is 17.5 Å². The van der Waals surface area contributed by atoms with Gasteiger partial charge in [0.2, 0.25) is 0 Å². The van der Waals surface area contributed by atoms with Crippen LogP contribution in [0.1, 0.15) is 5.56 Å². The molecular formula is C23H21N3O8. The number of nitrogens with zero attached hydrogens (tertiary/aromatic N) is 3.